The number of hydrogen-bond acceptors (Lipinski definition) is 4. The fraction of sp³-hybridized carbons (Fsp3) is 0.333. The molecule has 1 aromatic carbocycles. The molecule has 0 aliphatic rings. The zero-order chi connectivity index (χ0) is 13.5. The van der Waals surface area contributed by atoms with Gasteiger partial charge in [-0.1, -0.05) is 18.2 Å². The van der Waals surface area contributed by atoms with E-state index >= 15 is 0 Å². The molecule has 4 heteroatoms. The summed E-state index contributed by atoms with van der Waals surface area (Å²) in [6.45, 7) is 2.88. The van der Waals surface area contributed by atoms with E-state index in [1.165, 1.54) is 5.56 Å². The Kier molecular flexibility index (Phi) is 4.86. The van der Waals surface area contributed by atoms with E-state index in [4.69, 9.17) is 4.74 Å². The second-order valence-electron chi connectivity index (χ2n) is 4.49. The normalized spacial score (nSPS) is 12.1. The molecule has 0 fully saturated rings. The highest BCUT2D eigenvalue weighted by Crippen LogP contribution is 2.18. The third kappa shape index (κ3) is 4.03. The maximum absolute atomic E-state index is 5.36. The maximum Gasteiger partial charge on any atom is 0.122 e. The Hall–Kier alpha value is -1.94. The summed E-state index contributed by atoms with van der Waals surface area (Å²) in [5.74, 6) is 0.940. The number of para-hydroxylation sites is 1. The molecule has 2 aromatic rings. The van der Waals surface area contributed by atoms with Gasteiger partial charge in [0.05, 0.1) is 12.8 Å². The van der Waals surface area contributed by atoms with Gasteiger partial charge in [-0.3, -0.25) is 9.97 Å². The van der Waals surface area contributed by atoms with Gasteiger partial charge < -0.3 is 10.1 Å². The molecule has 1 atom stereocenters. The first-order valence-corrected chi connectivity index (χ1v) is 6.39. The third-order valence-corrected chi connectivity index (χ3v) is 2.97. The zero-order valence-corrected chi connectivity index (χ0v) is 11.3. The number of methoxy groups -OCH3 is 1. The molecule has 1 aromatic heterocycles. The van der Waals surface area contributed by atoms with E-state index in [0.717, 1.165) is 24.4 Å². The van der Waals surface area contributed by atoms with Gasteiger partial charge in [0.25, 0.3) is 0 Å². The maximum atomic E-state index is 5.36. The Morgan fingerprint density at radius 1 is 1.26 bits per heavy atom. The number of aromatic nitrogens is 2. The second-order valence-corrected chi connectivity index (χ2v) is 4.49. The summed E-state index contributed by atoms with van der Waals surface area (Å²) in [6.07, 6.45) is 6.09. The Balaban J connectivity index is 1.89. The summed E-state index contributed by atoms with van der Waals surface area (Å²) >= 11 is 0. The van der Waals surface area contributed by atoms with Crippen LogP contribution in [0.4, 0.5) is 0 Å². The van der Waals surface area contributed by atoms with Gasteiger partial charge in [-0.05, 0) is 25.0 Å². The largest absolute Gasteiger partial charge is 0.496 e. The highest BCUT2D eigenvalue weighted by molar-refractivity contribution is 5.33. The minimum absolute atomic E-state index is 0.346. The Labute approximate surface area is 113 Å². The smallest absolute Gasteiger partial charge is 0.122 e. The minimum atomic E-state index is 0.346. The molecule has 0 radical (unpaired) electrons. The Bertz CT molecular complexity index is 502. The van der Waals surface area contributed by atoms with Crippen molar-refractivity contribution in [3.8, 4) is 5.75 Å². The van der Waals surface area contributed by atoms with Gasteiger partial charge in [-0.25, -0.2) is 0 Å². The molecule has 19 heavy (non-hydrogen) atoms. The van der Waals surface area contributed by atoms with E-state index in [1.54, 1.807) is 25.7 Å². The van der Waals surface area contributed by atoms with Gasteiger partial charge >= 0.3 is 0 Å². The van der Waals surface area contributed by atoms with Crippen molar-refractivity contribution in [1.29, 1.82) is 0 Å². The van der Waals surface area contributed by atoms with E-state index in [2.05, 4.69) is 28.3 Å². The molecule has 2 rings (SSSR count). The van der Waals surface area contributed by atoms with Gasteiger partial charge in [0.1, 0.15) is 5.75 Å². The molecule has 4 nitrogen and oxygen atoms in total. The van der Waals surface area contributed by atoms with Crippen LogP contribution in [0, 0.1) is 0 Å². The predicted octanol–water partition coefficient (Wildman–Crippen LogP) is 2.21. The van der Waals surface area contributed by atoms with E-state index in [-0.39, 0.29) is 0 Å². The Morgan fingerprint density at radius 3 is 2.84 bits per heavy atom. The molecule has 0 amide bonds. The Morgan fingerprint density at radius 2 is 2.11 bits per heavy atom. The van der Waals surface area contributed by atoms with Crippen molar-refractivity contribution in [1.82, 2.24) is 15.3 Å². The number of benzene rings is 1. The summed E-state index contributed by atoms with van der Waals surface area (Å²) in [7, 11) is 1.70. The lowest BCUT2D eigenvalue weighted by molar-refractivity contribution is 0.406. The monoisotopic (exact) mass is 257 g/mol. The molecule has 1 heterocycles. The summed E-state index contributed by atoms with van der Waals surface area (Å²) in [4.78, 5) is 8.29. The lowest BCUT2D eigenvalue weighted by Gasteiger charge is -2.15. The number of hydrogen-bond donors (Lipinski definition) is 1. The fourth-order valence-electron chi connectivity index (χ4n) is 1.97. The van der Waals surface area contributed by atoms with Crippen LogP contribution in [0.15, 0.2) is 42.9 Å². The number of rotatable bonds is 6. The van der Waals surface area contributed by atoms with E-state index in [9.17, 15) is 0 Å². The number of nitrogens with one attached hydrogen (secondary N) is 1. The van der Waals surface area contributed by atoms with Crippen molar-refractivity contribution in [3.05, 3.63) is 54.1 Å². The van der Waals surface area contributed by atoms with Crippen molar-refractivity contribution in [3.63, 3.8) is 0 Å². The quantitative estimate of drug-likeness (QED) is 0.862. The van der Waals surface area contributed by atoms with Gasteiger partial charge in [0.2, 0.25) is 0 Å². The molecule has 1 N–H and O–H groups in total. The molecule has 0 aliphatic heterocycles. The molecule has 0 aliphatic carbocycles. The van der Waals surface area contributed by atoms with Crippen LogP contribution in [0.5, 0.6) is 5.75 Å². The lowest BCUT2D eigenvalue weighted by atomic mass is 10.1. The predicted molar refractivity (Wildman–Crippen MR) is 75.0 cm³/mol. The summed E-state index contributed by atoms with van der Waals surface area (Å²) in [5.41, 5.74) is 2.17. The summed E-state index contributed by atoms with van der Waals surface area (Å²) in [6, 6.07) is 8.45. The van der Waals surface area contributed by atoms with Gasteiger partial charge in [0, 0.05) is 31.2 Å². The zero-order valence-electron chi connectivity index (χ0n) is 11.3. The fourth-order valence-corrected chi connectivity index (χ4v) is 1.97. The van der Waals surface area contributed by atoms with Crippen LogP contribution in [-0.4, -0.2) is 23.1 Å². The van der Waals surface area contributed by atoms with Crippen molar-refractivity contribution >= 4 is 0 Å². The van der Waals surface area contributed by atoms with Crippen LogP contribution in [0.25, 0.3) is 0 Å². The van der Waals surface area contributed by atoms with Crippen LogP contribution >= 0.6 is 0 Å². The van der Waals surface area contributed by atoms with Crippen LogP contribution in [0.3, 0.4) is 0 Å². The van der Waals surface area contributed by atoms with Crippen molar-refractivity contribution < 1.29 is 4.74 Å². The first-order chi connectivity index (χ1) is 9.29. The van der Waals surface area contributed by atoms with Gasteiger partial charge in [-0.2, -0.15) is 0 Å². The number of ether oxygens (including phenoxy) is 1. The average molecular weight is 257 g/mol. The first-order valence-electron chi connectivity index (χ1n) is 6.39. The van der Waals surface area contributed by atoms with Crippen molar-refractivity contribution in [2.45, 2.75) is 25.9 Å². The van der Waals surface area contributed by atoms with Gasteiger partial charge in [-0.15, -0.1) is 0 Å². The molecule has 1 unspecified atom stereocenters. The molecular formula is C15H19N3O. The number of nitrogens with zero attached hydrogens (tertiary/aromatic N) is 2. The average Bonchev–Trinajstić information content (AvgIpc) is 2.47. The molecule has 0 bridgehead atoms. The molecule has 0 saturated heterocycles. The van der Waals surface area contributed by atoms with Crippen LogP contribution in [0.2, 0.25) is 0 Å². The topological polar surface area (TPSA) is 47.0 Å². The van der Waals surface area contributed by atoms with Crippen molar-refractivity contribution in [2.24, 2.45) is 0 Å². The SMILES string of the molecule is COc1ccccc1CC(C)NCc1cnccn1. The third-order valence-electron chi connectivity index (χ3n) is 2.97. The van der Waals surface area contributed by atoms with E-state index < -0.39 is 0 Å². The lowest BCUT2D eigenvalue weighted by Crippen LogP contribution is -2.28. The molecule has 0 saturated carbocycles. The highest BCUT2D eigenvalue weighted by Gasteiger charge is 2.07. The minimum Gasteiger partial charge on any atom is -0.496 e. The first kappa shape index (κ1) is 13.5. The summed E-state index contributed by atoms with van der Waals surface area (Å²) < 4.78 is 5.36. The van der Waals surface area contributed by atoms with E-state index in [1.807, 2.05) is 18.2 Å². The molecule has 100 valence electrons. The van der Waals surface area contributed by atoms with E-state index in [0.29, 0.717) is 6.04 Å². The van der Waals surface area contributed by atoms with Gasteiger partial charge in [0.15, 0.2) is 0 Å². The molecule has 0 spiro atoms. The molecular weight excluding hydrogens is 238 g/mol. The van der Waals surface area contributed by atoms with Crippen LogP contribution < -0.4 is 10.1 Å². The standard InChI is InChI=1S/C15H19N3O/c1-12(18-11-14-10-16-7-8-17-14)9-13-5-3-4-6-15(13)19-2/h3-8,10,12,18H,9,11H2,1-2H3. The van der Waals surface area contributed by atoms with Crippen LogP contribution in [-0.2, 0) is 13.0 Å². The highest BCUT2D eigenvalue weighted by atomic mass is 16.5. The summed E-state index contributed by atoms with van der Waals surface area (Å²) in [5, 5.41) is 3.44. The van der Waals surface area contributed by atoms with Crippen molar-refractivity contribution in [2.75, 3.05) is 7.11 Å². The second kappa shape index (κ2) is 6.85. The van der Waals surface area contributed by atoms with Crippen LogP contribution in [0.1, 0.15) is 18.2 Å².